The van der Waals surface area contributed by atoms with E-state index in [2.05, 4.69) is 0 Å². The second-order valence-electron chi connectivity index (χ2n) is 6.38. The molecular formula is C17H22N2O3. The van der Waals surface area contributed by atoms with Gasteiger partial charge in [0.25, 0.3) is 0 Å². The molecule has 0 aliphatic carbocycles. The van der Waals surface area contributed by atoms with Gasteiger partial charge in [-0.05, 0) is 38.5 Å². The van der Waals surface area contributed by atoms with E-state index in [1.54, 1.807) is 27.8 Å². The topological polar surface area (TPSA) is 51.5 Å². The fourth-order valence-corrected chi connectivity index (χ4v) is 2.40. The molecule has 0 fully saturated rings. The van der Waals surface area contributed by atoms with Gasteiger partial charge in [0, 0.05) is 31.2 Å². The molecular weight excluding hydrogens is 280 g/mol. The van der Waals surface area contributed by atoms with Crippen molar-refractivity contribution in [3.63, 3.8) is 0 Å². The van der Waals surface area contributed by atoms with E-state index in [1.165, 1.54) is 4.90 Å². The van der Waals surface area contributed by atoms with E-state index >= 15 is 0 Å². The van der Waals surface area contributed by atoms with Crippen LogP contribution in [0.5, 0.6) is 0 Å². The molecule has 0 saturated carbocycles. The number of fused-ring (bicyclic) bond motifs is 1. The van der Waals surface area contributed by atoms with Crippen molar-refractivity contribution in [1.29, 1.82) is 0 Å². The number of aromatic nitrogens is 1. The zero-order chi connectivity index (χ0) is 16.5. The maximum absolute atomic E-state index is 12.2. The minimum absolute atomic E-state index is 0.516. The molecule has 0 aliphatic rings. The molecule has 2 aromatic rings. The SMILES string of the molecule is CN(C(=O)OC(C)(C)C)C(C=O)c1cccc2c1ccn2C. The lowest BCUT2D eigenvalue weighted by atomic mass is 10.0. The summed E-state index contributed by atoms with van der Waals surface area (Å²) in [5.74, 6) is 0. The van der Waals surface area contributed by atoms with E-state index in [4.69, 9.17) is 4.74 Å². The molecule has 1 amide bonds. The van der Waals surface area contributed by atoms with Crippen LogP contribution in [-0.4, -0.2) is 34.5 Å². The third kappa shape index (κ3) is 3.13. The van der Waals surface area contributed by atoms with Crippen LogP contribution in [0.3, 0.4) is 0 Å². The molecule has 2 rings (SSSR count). The second kappa shape index (κ2) is 5.83. The van der Waals surface area contributed by atoms with Gasteiger partial charge in [-0.2, -0.15) is 0 Å². The van der Waals surface area contributed by atoms with Gasteiger partial charge in [0.1, 0.15) is 17.9 Å². The highest BCUT2D eigenvalue weighted by Crippen LogP contribution is 2.28. The average Bonchev–Trinajstić information content (AvgIpc) is 2.80. The Morgan fingerprint density at radius 2 is 2.00 bits per heavy atom. The number of nitrogens with zero attached hydrogens (tertiary/aromatic N) is 2. The zero-order valence-corrected chi connectivity index (χ0v) is 13.7. The van der Waals surface area contributed by atoms with Crippen LogP contribution in [0.4, 0.5) is 4.79 Å². The molecule has 0 radical (unpaired) electrons. The van der Waals surface area contributed by atoms with E-state index in [9.17, 15) is 9.59 Å². The number of carbonyl (C=O) groups excluding carboxylic acids is 2. The standard InChI is InChI=1S/C17H22N2O3/c1-17(2,3)22-16(21)19(5)15(11-20)12-7-6-8-14-13(12)9-10-18(14)4/h6-11,15H,1-5H3. The summed E-state index contributed by atoms with van der Waals surface area (Å²) in [5, 5.41) is 0.956. The first kappa shape index (κ1) is 16.1. The van der Waals surface area contributed by atoms with Crippen LogP contribution >= 0.6 is 0 Å². The maximum Gasteiger partial charge on any atom is 0.410 e. The van der Waals surface area contributed by atoms with Crippen LogP contribution in [0.15, 0.2) is 30.5 Å². The van der Waals surface area contributed by atoms with Crippen molar-refractivity contribution >= 4 is 23.3 Å². The summed E-state index contributed by atoms with van der Waals surface area (Å²) >= 11 is 0. The predicted octanol–water partition coefficient (Wildman–Crippen LogP) is 3.29. The van der Waals surface area contributed by atoms with Crippen molar-refractivity contribution in [3.05, 3.63) is 36.0 Å². The molecule has 1 heterocycles. The molecule has 1 aromatic carbocycles. The summed E-state index contributed by atoms with van der Waals surface area (Å²) < 4.78 is 7.32. The number of hydrogen-bond acceptors (Lipinski definition) is 3. The number of ether oxygens (including phenoxy) is 1. The largest absolute Gasteiger partial charge is 0.444 e. The van der Waals surface area contributed by atoms with Crippen molar-refractivity contribution in [2.75, 3.05) is 7.05 Å². The lowest BCUT2D eigenvalue weighted by Crippen LogP contribution is -2.37. The number of hydrogen-bond donors (Lipinski definition) is 0. The molecule has 0 N–H and O–H groups in total. The molecule has 1 atom stereocenters. The Balaban J connectivity index is 2.38. The molecule has 0 saturated heterocycles. The normalized spacial score (nSPS) is 13.0. The summed E-state index contributed by atoms with van der Waals surface area (Å²) in [7, 11) is 3.52. The fraction of sp³-hybridized carbons (Fsp3) is 0.412. The Morgan fingerprint density at radius 3 is 2.59 bits per heavy atom. The van der Waals surface area contributed by atoms with Crippen LogP contribution in [0.2, 0.25) is 0 Å². The first-order chi connectivity index (χ1) is 10.2. The van der Waals surface area contributed by atoms with Gasteiger partial charge in [-0.1, -0.05) is 12.1 Å². The van der Waals surface area contributed by atoms with Gasteiger partial charge in [-0.3, -0.25) is 4.90 Å². The fourth-order valence-electron chi connectivity index (χ4n) is 2.40. The van der Waals surface area contributed by atoms with Crippen LogP contribution in [0.1, 0.15) is 32.4 Å². The van der Waals surface area contributed by atoms with Crippen molar-refractivity contribution in [2.45, 2.75) is 32.4 Å². The molecule has 5 nitrogen and oxygen atoms in total. The maximum atomic E-state index is 12.2. The highest BCUT2D eigenvalue weighted by Gasteiger charge is 2.27. The number of aldehydes is 1. The van der Waals surface area contributed by atoms with Crippen molar-refractivity contribution < 1.29 is 14.3 Å². The molecule has 1 aromatic heterocycles. The Morgan fingerprint density at radius 1 is 1.32 bits per heavy atom. The van der Waals surface area contributed by atoms with Gasteiger partial charge >= 0.3 is 6.09 Å². The summed E-state index contributed by atoms with van der Waals surface area (Å²) in [4.78, 5) is 25.2. The van der Waals surface area contributed by atoms with Gasteiger partial charge in [-0.25, -0.2) is 4.79 Å². The molecule has 0 aliphatic heterocycles. The molecule has 0 spiro atoms. The highest BCUT2D eigenvalue weighted by molar-refractivity contribution is 5.88. The number of benzene rings is 1. The predicted molar refractivity (Wildman–Crippen MR) is 85.7 cm³/mol. The van der Waals surface area contributed by atoms with E-state index in [-0.39, 0.29) is 0 Å². The lowest BCUT2D eigenvalue weighted by molar-refractivity contribution is -0.112. The summed E-state index contributed by atoms with van der Waals surface area (Å²) in [6, 6.07) is 7.00. The van der Waals surface area contributed by atoms with Crippen molar-refractivity contribution in [1.82, 2.24) is 9.47 Å². The third-order valence-electron chi connectivity index (χ3n) is 3.51. The minimum atomic E-state index is -0.680. The van der Waals surface area contributed by atoms with Gasteiger partial charge in [0.15, 0.2) is 0 Å². The van der Waals surface area contributed by atoms with Crippen molar-refractivity contribution in [2.24, 2.45) is 7.05 Å². The highest BCUT2D eigenvalue weighted by atomic mass is 16.6. The third-order valence-corrected chi connectivity index (χ3v) is 3.51. The lowest BCUT2D eigenvalue weighted by Gasteiger charge is -2.28. The van der Waals surface area contributed by atoms with Crippen LogP contribution in [0.25, 0.3) is 10.9 Å². The molecule has 5 heteroatoms. The van der Waals surface area contributed by atoms with Gasteiger partial charge in [0.05, 0.1) is 0 Å². The minimum Gasteiger partial charge on any atom is -0.444 e. The number of carbonyl (C=O) groups is 2. The second-order valence-corrected chi connectivity index (χ2v) is 6.38. The number of rotatable bonds is 3. The Labute approximate surface area is 130 Å². The Kier molecular flexibility index (Phi) is 4.26. The van der Waals surface area contributed by atoms with Crippen LogP contribution in [0, 0.1) is 0 Å². The van der Waals surface area contributed by atoms with E-state index in [0.29, 0.717) is 0 Å². The Hall–Kier alpha value is -2.30. The first-order valence-corrected chi connectivity index (χ1v) is 7.19. The van der Waals surface area contributed by atoms with Crippen molar-refractivity contribution in [3.8, 4) is 0 Å². The summed E-state index contributed by atoms with van der Waals surface area (Å²) in [6.07, 6.45) is 2.19. The molecule has 118 valence electrons. The molecule has 0 bridgehead atoms. The summed E-state index contributed by atoms with van der Waals surface area (Å²) in [5.41, 5.74) is 1.21. The van der Waals surface area contributed by atoms with E-state index in [1.807, 2.05) is 42.1 Å². The number of amides is 1. The first-order valence-electron chi connectivity index (χ1n) is 7.19. The smallest absolute Gasteiger partial charge is 0.410 e. The zero-order valence-electron chi connectivity index (χ0n) is 13.7. The monoisotopic (exact) mass is 302 g/mol. The summed E-state index contributed by atoms with van der Waals surface area (Å²) in [6.45, 7) is 5.39. The van der Waals surface area contributed by atoms with Gasteiger partial charge < -0.3 is 14.1 Å². The van der Waals surface area contributed by atoms with E-state index < -0.39 is 17.7 Å². The Bertz CT molecular complexity index is 697. The molecule has 1 unspecified atom stereocenters. The van der Waals surface area contributed by atoms with Crippen LogP contribution in [-0.2, 0) is 16.6 Å². The van der Waals surface area contributed by atoms with Gasteiger partial charge in [0.2, 0.25) is 0 Å². The van der Waals surface area contributed by atoms with E-state index in [0.717, 1.165) is 22.8 Å². The van der Waals surface area contributed by atoms with Gasteiger partial charge in [-0.15, -0.1) is 0 Å². The average molecular weight is 302 g/mol. The van der Waals surface area contributed by atoms with Crippen LogP contribution < -0.4 is 0 Å². The number of likely N-dealkylation sites (N-methyl/N-ethyl adjacent to an activating group) is 1. The number of aryl methyl sites for hydroxylation is 1. The quantitative estimate of drug-likeness (QED) is 0.818. The molecule has 22 heavy (non-hydrogen) atoms.